The maximum absolute atomic E-state index is 13.6. The van der Waals surface area contributed by atoms with Gasteiger partial charge in [0.1, 0.15) is 18.2 Å². The zero-order valence-electron chi connectivity index (χ0n) is 20.3. The Kier molecular flexibility index (Phi) is 7.52. The van der Waals surface area contributed by atoms with Gasteiger partial charge in [-0.1, -0.05) is 62.2 Å². The molecule has 3 aromatic carbocycles. The number of hydrogen-bond donors (Lipinski definition) is 0. The summed E-state index contributed by atoms with van der Waals surface area (Å²) in [6.07, 6.45) is 6.42. The molecule has 0 spiro atoms. The molecule has 1 saturated carbocycles. The molecule has 2 atom stereocenters. The van der Waals surface area contributed by atoms with Crippen molar-refractivity contribution in [2.45, 2.75) is 45.3 Å². The fourth-order valence-corrected chi connectivity index (χ4v) is 5.80. The first kappa shape index (κ1) is 24.3. The van der Waals surface area contributed by atoms with Gasteiger partial charge in [0.2, 0.25) is 0 Å². The Morgan fingerprint density at radius 3 is 2.56 bits per heavy atom. The Hall–Kier alpha value is -3.38. The number of para-hydroxylation sites is 1. The lowest BCUT2D eigenvalue weighted by Gasteiger charge is -2.35. The number of carbonyl (C=O) groups excluding carboxylic acids is 1. The molecule has 1 aliphatic carbocycles. The van der Waals surface area contributed by atoms with Gasteiger partial charge in [0.15, 0.2) is 5.17 Å². The maximum atomic E-state index is 13.6. The van der Waals surface area contributed by atoms with E-state index in [2.05, 4.69) is 6.92 Å². The molecule has 184 valence electrons. The number of benzene rings is 3. The Morgan fingerprint density at radius 2 is 1.81 bits per heavy atom. The quantitative estimate of drug-likeness (QED) is 0.328. The smallest absolute Gasteiger partial charge is 0.267 e. The first-order valence-corrected chi connectivity index (χ1v) is 13.2. The van der Waals surface area contributed by atoms with Crippen LogP contribution in [0.4, 0.5) is 10.1 Å². The van der Waals surface area contributed by atoms with Crippen molar-refractivity contribution in [3.05, 3.63) is 101 Å². The topological polar surface area (TPSA) is 41.9 Å². The van der Waals surface area contributed by atoms with Crippen molar-refractivity contribution >= 4 is 34.6 Å². The van der Waals surface area contributed by atoms with E-state index in [9.17, 15) is 9.18 Å². The molecular formula is C30H29FN2O2S. The predicted octanol–water partition coefficient (Wildman–Crippen LogP) is 7.59. The molecule has 5 rings (SSSR count). The van der Waals surface area contributed by atoms with E-state index in [1.54, 1.807) is 6.07 Å². The number of rotatable bonds is 6. The molecule has 6 heteroatoms. The fourth-order valence-electron chi connectivity index (χ4n) is 4.76. The van der Waals surface area contributed by atoms with Crippen molar-refractivity contribution < 1.29 is 13.9 Å². The van der Waals surface area contributed by atoms with Crippen molar-refractivity contribution in [3.63, 3.8) is 0 Å². The molecular weight excluding hydrogens is 471 g/mol. The number of carbonyl (C=O) groups is 1. The summed E-state index contributed by atoms with van der Waals surface area (Å²) in [5.74, 6) is 0.887. The zero-order chi connectivity index (χ0) is 24.9. The van der Waals surface area contributed by atoms with Crippen LogP contribution in [0.1, 0.15) is 43.7 Å². The number of halogens is 1. The molecule has 2 fully saturated rings. The van der Waals surface area contributed by atoms with Crippen molar-refractivity contribution in [2.24, 2.45) is 10.9 Å². The first-order valence-electron chi connectivity index (χ1n) is 12.4. The normalized spacial score (nSPS) is 22.4. The predicted molar refractivity (Wildman–Crippen MR) is 145 cm³/mol. The van der Waals surface area contributed by atoms with Crippen LogP contribution in [0.2, 0.25) is 0 Å². The maximum Gasteiger partial charge on any atom is 0.267 e. The zero-order valence-corrected chi connectivity index (χ0v) is 21.1. The van der Waals surface area contributed by atoms with Crippen LogP contribution in [0.15, 0.2) is 88.8 Å². The van der Waals surface area contributed by atoms with Gasteiger partial charge in [-0.3, -0.25) is 9.69 Å². The van der Waals surface area contributed by atoms with E-state index in [0.29, 0.717) is 23.2 Å². The largest absolute Gasteiger partial charge is 0.489 e. The minimum absolute atomic E-state index is 0.0276. The lowest BCUT2D eigenvalue weighted by Crippen LogP contribution is -2.44. The summed E-state index contributed by atoms with van der Waals surface area (Å²) in [5.41, 5.74) is 2.54. The van der Waals surface area contributed by atoms with Crippen LogP contribution in [0.25, 0.3) is 6.08 Å². The van der Waals surface area contributed by atoms with Gasteiger partial charge in [0, 0.05) is 6.04 Å². The molecule has 3 aromatic rings. The number of ether oxygens (including phenoxy) is 1. The molecule has 1 amide bonds. The number of thioether (sulfide) groups is 1. The molecule has 4 nitrogen and oxygen atoms in total. The van der Waals surface area contributed by atoms with E-state index in [4.69, 9.17) is 9.73 Å². The van der Waals surface area contributed by atoms with Crippen molar-refractivity contribution in [1.82, 2.24) is 4.90 Å². The summed E-state index contributed by atoms with van der Waals surface area (Å²) >= 11 is 1.45. The number of hydrogen-bond acceptors (Lipinski definition) is 4. The minimum Gasteiger partial charge on any atom is -0.489 e. The number of aliphatic imine (C=N–C) groups is 1. The highest BCUT2D eigenvalue weighted by Crippen LogP contribution is 2.40. The van der Waals surface area contributed by atoms with Crippen LogP contribution in [0.3, 0.4) is 0 Å². The minimum atomic E-state index is -0.274. The highest BCUT2D eigenvalue weighted by molar-refractivity contribution is 8.18. The third-order valence-electron chi connectivity index (χ3n) is 6.69. The van der Waals surface area contributed by atoms with Gasteiger partial charge >= 0.3 is 0 Å². The Morgan fingerprint density at radius 1 is 1.03 bits per heavy atom. The van der Waals surface area contributed by atoms with Gasteiger partial charge in [-0.2, -0.15) is 0 Å². The number of nitrogens with zero attached hydrogens (tertiary/aromatic N) is 2. The van der Waals surface area contributed by atoms with E-state index in [-0.39, 0.29) is 17.8 Å². The standard InChI is InChI=1S/C30H29FN2O2S/c1-21-8-5-6-13-27(21)33-29(34)28(36-30(33)32-25-11-3-2-4-12-25)19-22-14-16-26(17-15-22)35-20-23-9-7-10-24(31)18-23/h2-4,7,9-12,14-19,21,27H,5-6,8,13,20H2,1H3/b28-19-,32-30?/t21-,27-/m1/s1. The van der Waals surface area contributed by atoms with Crippen LogP contribution in [0, 0.1) is 11.7 Å². The second-order valence-corrected chi connectivity index (χ2v) is 10.3. The van der Waals surface area contributed by atoms with Crippen LogP contribution >= 0.6 is 11.8 Å². The molecule has 1 aliphatic heterocycles. The van der Waals surface area contributed by atoms with Gasteiger partial charge in [-0.05, 0) is 84.1 Å². The van der Waals surface area contributed by atoms with Gasteiger partial charge in [-0.25, -0.2) is 9.38 Å². The van der Waals surface area contributed by atoms with Gasteiger partial charge in [0.25, 0.3) is 5.91 Å². The van der Waals surface area contributed by atoms with E-state index in [1.165, 1.54) is 30.3 Å². The lowest BCUT2D eigenvalue weighted by atomic mass is 9.85. The Bertz CT molecular complexity index is 1270. The molecule has 0 radical (unpaired) electrons. The van der Waals surface area contributed by atoms with Crippen LogP contribution in [0.5, 0.6) is 5.75 Å². The summed E-state index contributed by atoms with van der Waals surface area (Å²) < 4.78 is 19.2. The second kappa shape index (κ2) is 11.1. The fraction of sp³-hybridized carbons (Fsp3) is 0.267. The third kappa shape index (κ3) is 5.71. The van der Waals surface area contributed by atoms with Gasteiger partial charge < -0.3 is 4.74 Å². The summed E-state index contributed by atoms with van der Waals surface area (Å²) in [6, 6.07) is 24.0. The summed E-state index contributed by atoms with van der Waals surface area (Å²) in [6.45, 7) is 2.53. The summed E-state index contributed by atoms with van der Waals surface area (Å²) in [5, 5.41) is 0.756. The molecule has 0 unspecified atom stereocenters. The molecule has 1 heterocycles. The summed E-state index contributed by atoms with van der Waals surface area (Å²) in [7, 11) is 0. The molecule has 0 N–H and O–H groups in total. The van der Waals surface area contributed by atoms with E-state index in [1.807, 2.05) is 71.6 Å². The molecule has 0 aromatic heterocycles. The molecule has 0 bridgehead atoms. The second-order valence-electron chi connectivity index (χ2n) is 9.33. The Labute approximate surface area is 215 Å². The molecule has 36 heavy (non-hydrogen) atoms. The van der Waals surface area contributed by atoms with Gasteiger partial charge in [0.05, 0.1) is 10.6 Å². The average Bonchev–Trinajstić information content (AvgIpc) is 3.18. The van der Waals surface area contributed by atoms with Crippen molar-refractivity contribution in [1.29, 1.82) is 0 Å². The summed E-state index contributed by atoms with van der Waals surface area (Å²) in [4.78, 5) is 21.1. The average molecular weight is 501 g/mol. The Balaban J connectivity index is 1.35. The van der Waals surface area contributed by atoms with E-state index in [0.717, 1.165) is 41.2 Å². The van der Waals surface area contributed by atoms with Crippen LogP contribution in [-0.2, 0) is 11.4 Å². The van der Waals surface area contributed by atoms with Crippen LogP contribution < -0.4 is 4.74 Å². The first-order chi connectivity index (χ1) is 17.6. The van der Waals surface area contributed by atoms with Crippen LogP contribution in [-0.4, -0.2) is 22.0 Å². The number of amidine groups is 1. The molecule has 1 saturated heterocycles. The lowest BCUT2D eigenvalue weighted by molar-refractivity contribution is -0.124. The van der Waals surface area contributed by atoms with Gasteiger partial charge in [-0.15, -0.1) is 0 Å². The van der Waals surface area contributed by atoms with Crippen molar-refractivity contribution in [3.8, 4) is 5.75 Å². The third-order valence-corrected chi connectivity index (χ3v) is 7.67. The molecule has 2 aliphatic rings. The monoisotopic (exact) mass is 500 g/mol. The highest BCUT2D eigenvalue weighted by Gasteiger charge is 2.41. The van der Waals surface area contributed by atoms with E-state index >= 15 is 0 Å². The SMILES string of the molecule is C[C@@H]1CCCC[C@H]1N1C(=O)/C(=C/c2ccc(OCc3cccc(F)c3)cc2)SC1=Nc1ccccc1. The highest BCUT2D eigenvalue weighted by atomic mass is 32.2. The number of amides is 1. The van der Waals surface area contributed by atoms with Crippen molar-refractivity contribution in [2.75, 3.05) is 0 Å². The van der Waals surface area contributed by atoms with E-state index < -0.39 is 0 Å².